The monoisotopic (exact) mass is 210 g/mol. The number of nitriles is 1. The van der Waals surface area contributed by atoms with Gasteiger partial charge in [0.1, 0.15) is 0 Å². The Kier molecular flexibility index (Phi) is 3.05. The number of nitro groups is 1. The molecule has 0 saturated carbocycles. The SMILES string of the molecule is Cc1c(Cl)cc(CC#N)cc1[N+](=O)[O-]. The van der Waals surface area contributed by atoms with Crippen molar-refractivity contribution in [1.82, 2.24) is 0 Å². The summed E-state index contributed by atoms with van der Waals surface area (Å²) in [5.74, 6) is 0. The Hall–Kier alpha value is -1.60. The fourth-order valence-electron chi connectivity index (χ4n) is 1.10. The highest BCUT2D eigenvalue weighted by atomic mass is 35.5. The van der Waals surface area contributed by atoms with Gasteiger partial charge in [-0.1, -0.05) is 11.6 Å². The average molecular weight is 211 g/mol. The van der Waals surface area contributed by atoms with Gasteiger partial charge in [0.2, 0.25) is 0 Å². The van der Waals surface area contributed by atoms with Gasteiger partial charge >= 0.3 is 0 Å². The van der Waals surface area contributed by atoms with E-state index in [9.17, 15) is 10.1 Å². The van der Waals surface area contributed by atoms with Crippen LogP contribution in [0.1, 0.15) is 11.1 Å². The number of hydrogen-bond donors (Lipinski definition) is 0. The number of benzene rings is 1. The molecule has 0 aliphatic heterocycles. The fourth-order valence-corrected chi connectivity index (χ4v) is 1.34. The molecule has 0 spiro atoms. The van der Waals surface area contributed by atoms with Crippen LogP contribution < -0.4 is 0 Å². The first-order chi connectivity index (χ1) is 6.56. The number of nitrogens with zero attached hydrogens (tertiary/aromatic N) is 2. The molecule has 0 bridgehead atoms. The van der Waals surface area contributed by atoms with Crippen molar-refractivity contribution in [2.75, 3.05) is 0 Å². The maximum Gasteiger partial charge on any atom is 0.274 e. The Morgan fingerprint density at radius 2 is 2.29 bits per heavy atom. The van der Waals surface area contributed by atoms with E-state index in [1.165, 1.54) is 6.07 Å². The molecule has 0 atom stereocenters. The van der Waals surface area contributed by atoms with Crippen LogP contribution in [0.2, 0.25) is 5.02 Å². The highest BCUT2D eigenvalue weighted by molar-refractivity contribution is 6.31. The van der Waals surface area contributed by atoms with Gasteiger partial charge in [-0.2, -0.15) is 5.26 Å². The molecule has 1 rings (SSSR count). The van der Waals surface area contributed by atoms with Crippen LogP contribution in [-0.2, 0) is 6.42 Å². The zero-order valence-corrected chi connectivity index (χ0v) is 8.21. The second-order valence-electron chi connectivity index (χ2n) is 2.81. The van der Waals surface area contributed by atoms with Crippen molar-refractivity contribution in [1.29, 1.82) is 5.26 Å². The van der Waals surface area contributed by atoms with Gasteiger partial charge in [0.15, 0.2) is 0 Å². The number of hydrogen-bond acceptors (Lipinski definition) is 3. The van der Waals surface area contributed by atoms with E-state index in [4.69, 9.17) is 16.9 Å². The fraction of sp³-hybridized carbons (Fsp3) is 0.222. The zero-order valence-electron chi connectivity index (χ0n) is 7.45. The van der Waals surface area contributed by atoms with E-state index in [0.29, 0.717) is 16.1 Å². The molecule has 72 valence electrons. The summed E-state index contributed by atoms with van der Waals surface area (Å²) in [5, 5.41) is 19.4. The third-order valence-corrected chi connectivity index (χ3v) is 2.25. The Labute approximate surface area is 85.9 Å². The highest BCUT2D eigenvalue weighted by Crippen LogP contribution is 2.27. The second-order valence-corrected chi connectivity index (χ2v) is 3.22. The van der Waals surface area contributed by atoms with E-state index >= 15 is 0 Å². The zero-order chi connectivity index (χ0) is 10.7. The molecular weight excluding hydrogens is 204 g/mol. The third-order valence-electron chi connectivity index (χ3n) is 1.86. The van der Waals surface area contributed by atoms with Crippen molar-refractivity contribution < 1.29 is 4.92 Å². The summed E-state index contributed by atoms with van der Waals surface area (Å²) in [5.41, 5.74) is 0.955. The van der Waals surface area contributed by atoms with E-state index in [0.717, 1.165) is 0 Å². The molecule has 1 aromatic carbocycles. The maximum absolute atomic E-state index is 10.6. The van der Waals surface area contributed by atoms with E-state index in [-0.39, 0.29) is 12.1 Å². The predicted octanol–water partition coefficient (Wildman–Crippen LogP) is 2.62. The summed E-state index contributed by atoms with van der Waals surface area (Å²) in [6, 6.07) is 4.87. The lowest BCUT2D eigenvalue weighted by Crippen LogP contribution is -1.94. The molecule has 0 fully saturated rings. The Balaban J connectivity index is 3.29. The third kappa shape index (κ3) is 2.01. The Morgan fingerprint density at radius 1 is 1.64 bits per heavy atom. The molecule has 0 N–H and O–H groups in total. The Morgan fingerprint density at radius 3 is 2.79 bits per heavy atom. The van der Waals surface area contributed by atoms with Gasteiger partial charge < -0.3 is 0 Å². The minimum Gasteiger partial charge on any atom is -0.258 e. The first-order valence-electron chi connectivity index (χ1n) is 3.86. The van der Waals surface area contributed by atoms with Gasteiger partial charge in [-0.25, -0.2) is 0 Å². The molecule has 14 heavy (non-hydrogen) atoms. The van der Waals surface area contributed by atoms with Crippen LogP contribution >= 0.6 is 11.6 Å². The molecule has 0 aromatic heterocycles. The first-order valence-corrected chi connectivity index (χ1v) is 4.24. The largest absolute Gasteiger partial charge is 0.274 e. The van der Waals surface area contributed by atoms with Gasteiger partial charge in [0.05, 0.1) is 22.4 Å². The lowest BCUT2D eigenvalue weighted by atomic mass is 10.1. The number of nitro benzene ring substituents is 1. The van der Waals surface area contributed by atoms with Crippen molar-refractivity contribution in [3.63, 3.8) is 0 Å². The molecule has 5 heteroatoms. The van der Waals surface area contributed by atoms with E-state index < -0.39 is 4.92 Å². The molecule has 0 heterocycles. The van der Waals surface area contributed by atoms with E-state index in [2.05, 4.69) is 0 Å². The van der Waals surface area contributed by atoms with Crippen LogP contribution in [0.5, 0.6) is 0 Å². The van der Waals surface area contributed by atoms with Crippen molar-refractivity contribution >= 4 is 17.3 Å². The molecule has 0 amide bonds. The summed E-state index contributed by atoms with van der Waals surface area (Å²) in [7, 11) is 0. The summed E-state index contributed by atoms with van der Waals surface area (Å²) < 4.78 is 0. The van der Waals surface area contributed by atoms with Gasteiger partial charge in [-0.3, -0.25) is 10.1 Å². The highest BCUT2D eigenvalue weighted by Gasteiger charge is 2.14. The van der Waals surface area contributed by atoms with E-state index in [1.807, 2.05) is 6.07 Å². The number of rotatable bonds is 2. The van der Waals surface area contributed by atoms with Gasteiger partial charge in [-0.15, -0.1) is 0 Å². The van der Waals surface area contributed by atoms with Gasteiger partial charge in [0.25, 0.3) is 5.69 Å². The van der Waals surface area contributed by atoms with Crippen LogP contribution in [0.15, 0.2) is 12.1 Å². The first kappa shape index (κ1) is 10.5. The molecule has 1 aromatic rings. The Bertz CT molecular complexity index is 424. The van der Waals surface area contributed by atoms with Crippen LogP contribution in [0.3, 0.4) is 0 Å². The molecule has 4 nitrogen and oxygen atoms in total. The molecule has 0 aliphatic carbocycles. The number of halogens is 1. The van der Waals surface area contributed by atoms with Crippen LogP contribution in [-0.4, -0.2) is 4.92 Å². The summed E-state index contributed by atoms with van der Waals surface area (Å²) in [4.78, 5) is 10.1. The smallest absolute Gasteiger partial charge is 0.258 e. The quantitative estimate of drug-likeness (QED) is 0.557. The van der Waals surface area contributed by atoms with Crippen LogP contribution in [0, 0.1) is 28.4 Å². The van der Waals surface area contributed by atoms with Crippen molar-refractivity contribution in [2.45, 2.75) is 13.3 Å². The minimum absolute atomic E-state index is 0.0391. The summed E-state index contributed by atoms with van der Waals surface area (Å²) in [6.07, 6.45) is 0.126. The molecule has 0 unspecified atom stereocenters. The molecular formula is C9H7ClN2O2. The van der Waals surface area contributed by atoms with Crippen molar-refractivity contribution in [3.05, 3.63) is 38.4 Å². The minimum atomic E-state index is -0.498. The topological polar surface area (TPSA) is 66.9 Å². The standard InChI is InChI=1S/C9H7ClN2O2/c1-6-8(10)4-7(2-3-11)5-9(6)12(13)14/h4-5H,2H2,1H3. The summed E-state index contributed by atoms with van der Waals surface area (Å²) in [6.45, 7) is 1.58. The molecule has 0 radical (unpaired) electrons. The normalized spacial score (nSPS) is 9.50. The second kappa shape index (κ2) is 4.07. The van der Waals surface area contributed by atoms with Gasteiger partial charge in [-0.05, 0) is 18.6 Å². The lowest BCUT2D eigenvalue weighted by Gasteiger charge is -2.02. The maximum atomic E-state index is 10.6. The summed E-state index contributed by atoms with van der Waals surface area (Å²) >= 11 is 5.78. The lowest BCUT2D eigenvalue weighted by molar-refractivity contribution is -0.385. The van der Waals surface area contributed by atoms with Gasteiger partial charge in [0, 0.05) is 11.6 Å². The van der Waals surface area contributed by atoms with E-state index in [1.54, 1.807) is 13.0 Å². The van der Waals surface area contributed by atoms with Crippen LogP contribution in [0.4, 0.5) is 5.69 Å². The van der Waals surface area contributed by atoms with Crippen molar-refractivity contribution in [2.24, 2.45) is 0 Å². The molecule has 0 aliphatic rings. The van der Waals surface area contributed by atoms with Crippen molar-refractivity contribution in [3.8, 4) is 6.07 Å². The van der Waals surface area contributed by atoms with Crippen LogP contribution in [0.25, 0.3) is 0 Å². The molecule has 0 saturated heterocycles. The average Bonchev–Trinajstić information content (AvgIpc) is 2.11. The predicted molar refractivity (Wildman–Crippen MR) is 52.2 cm³/mol.